The summed E-state index contributed by atoms with van der Waals surface area (Å²) in [7, 11) is 0. The topological polar surface area (TPSA) is 98.1 Å². The maximum atomic E-state index is 13.3. The first-order valence-electron chi connectivity index (χ1n) is 9.58. The van der Waals surface area contributed by atoms with Crippen molar-refractivity contribution in [2.24, 2.45) is 0 Å². The van der Waals surface area contributed by atoms with E-state index in [1.807, 2.05) is 11.5 Å². The lowest BCUT2D eigenvalue weighted by Crippen LogP contribution is -2.40. The number of imide groups is 1. The van der Waals surface area contributed by atoms with E-state index in [0.717, 1.165) is 31.4 Å². The lowest BCUT2D eigenvalue weighted by molar-refractivity contribution is -0.117. The van der Waals surface area contributed by atoms with Gasteiger partial charge in [0.25, 0.3) is 0 Å². The highest BCUT2D eigenvalue weighted by Gasteiger charge is 2.22. The summed E-state index contributed by atoms with van der Waals surface area (Å²) in [6.45, 7) is 3.69. The number of rotatable bonds is 8. The molecule has 2 N–H and O–H groups in total. The van der Waals surface area contributed by atoms with E-state index in [2.05, 4.69) is 20.8 Å². The molecular weight excluding hydrogens is 397 g/mol. The number of hydrogen-bond acceptors (Lipinski definition) is 6. The average Bonchev–Trinajstić information content (AvgIpc) is 3.36. The van der Waals surface area contributed by atoms with E-state index < -0.39 is 11.9 Å². The Morgan fingerprint density at radius 2 is 2.10 bits per heavy atom. The quantitative estimate of drug-likeness (QED) is 0.636. The summed E-state index contributed by atoms with van der Waals surface area (Å²) in [6, 6.07) is 5.52. The van der Waals surface area contributed by atoms with Crippen LogP contribution in [0.2, 0.25) is 0 Å². The fourth-order valence-corrected chi connectivity index (χ4v) is 3.69. The number of nitrogens with zero attached hydrogens (tertiary/aromatic N) is 3. The fourth-order valence-electron chi connectivity index (χ4n) is 2.94. The molecule has 0 aliphatic carbocycles. The highest BCUT2D eigenvalue weighted by molar-refractivity contribution is 7.99. The molecule has 29 heavy (non-hydrogen) atoms. The first kappa shape index (κ1) is 21.3. The Kier molecular flexibility index (Phi) is 7.59. The number of thioether (sulfide) groups is 1. The molecule has 0 bridgehead atoms. The minimum atomic E-state index is -0.509. The summed E-state index contributed by atoms with van der Waals surface area (Å²) >= 11 is 1.19. The van der Waals surface area contributed by atoms with Crippen molar-refractivity contribution in [1.29, 1.82) is 0 Å². The van der Waals surface area contributed by atoms with Gasteiger partial charge in [0.15, 0.2) is 11.0 Å². The third-order valence-electron chi connectivity index (χ3n) is 4.35. The second-order valence-electron chi connectivity index (χ2n) is 6.65. The van der Waals surface area contributed by atoms with Gasteiger partial charge in [0.05, 0.1) is 18.4 Å². The standard InChI is InChI=1S/C19H24FN5O3S/c1-2-9-21-18(27)22-16(26)12-29-19-24-23-17(13-5-7-14(20)8-6-13)25(19)11-15-4-3-10-28-15/h5-8,15H,2-4,9-12H2,1H3,(H2,21,22,26,27)/t15-/m1/s1. The van der Waals surface area contributed by atoms with Crippen LogP contribution >= 0.6 is 11.8 Å². The second kappa shape index (κ2) is 10.4. The van der Waals surface area contributed by atoms with E-state index in [1.165, 1.54) is 23.9 Å². The first-order chi connectivity index (χ1) is 14.1. The zero-order chi connectivity index (χ0) is 20.6. The fraction of sp³-hybridized carbons (Fsp3) is 0.474. The molecule has 156 valence electrons. The van der Waals surface area contributed by atoms with Gasteiger partial charge in [-0.05, 0) is 43.5 Å². The molecule has 2 heterocycles. The lowest BCUT2D eigenvalue weighted by atomic mass is 10.2. The van der Waals surface area contributed by atoms with Crippen LogP contribution < -0.4 is 10.6 Å². The smallest absolute Gasteiger partial charge is 0.321 e. The van der Waals surface area contributed by atoms with Gasteiger partial charge in [-0.1, -0.05) is 18.7 Å². The Morgan fingerprint density at radius 3 is 2.79 bits per heavy atom. The van der Waals surface area contributed by atoms with E-state index in [4.69, 9.17) is 4.74 Å². The number of ether oxygens (including phenoxy) is 1. The van der Waals surface area contributed by atoms with Crippen molar-refractivity contribution < 1.29 is 18.7 Å². The number of benzene rings is 1. The molecular formula is C19H24FN5O3S. The van der Waals surface area contributed by atoms with Crippen molar-refractivity contribution >= 4 is 23.7 Å². The Morgan fingerprint density at radius 1 is 1.31 bits per heavy atom. The Labute approximate surface area is 172 Å². The van der Waals surface area contributed by atoms with Crippen molar-refractivity contribution in [3.63, 3.8) is 0 Å². The number of nitrogens with one attached hydrogen (secondary N) is 2. The van der Waals surface area contributed by atoms with E-state index in [9.17, 15) is 14.0 Å². The maximum absolute atomic E-state index is 13.3. The molecule has 1 saturated heterocycles. The van der Waals surface area contributed by atoms with Crippen molar-refractivity contribution in [3.05, 3.63) is 30.1 Å². The number of aromatic nitrogens is 3. The third-order valence-corrected chi connectivity index (χ3v) is 5.32. The van der Waals surface area contributed by atoms with E-state index >= 15 is 0 Å². The van der Waals surface area contributed by atoms with Crippen LogP contribution in [-0.4, -0.2) is 51.7 Å². The molecule has 1 aliphatic rings. The molecule has 0 spiro atoms. The maximum Gasteiger partial charge on any atom is 0.321 e. The van der Waals surface area contributed by atoms with Gasteiger partial charge in [-0.15, -0.1) is 10.2 Å². The van der Waals surface area contributed by atoms with Crippen LogP contribution in [0.1, 0.15) is 26.2 Å². The van der Waals surface area contributed by atoms with Gasteiger partial charge < -0.3 is 10.1 Å². The first-order valence-corrected chi connectivity index (χ1v) is 10.6. The zero-order valence-electron chi connectivity index (χ0n) is 16.2. The van der Waals surface area contributed by atoms with E-state index in [1.54, 1.807) is 12.1 Å². The highest BCUT2D eigenvalue weighted by Crippen LogP contribution is 2.26. The van der Waals surface area contributed by atoms with Gasteiger partial charge in [0, 0.05) is 18.7 Å². The van der Waals surface area contributed by atoms with Gasteiger partial charge in [0.2, 0.25) is 5.91 Å². The monoisotopic (exact) mass is 421 g/mol. The second-order valence-corrected chi connectivity index (χ2v) is 7.59. The Balaban J connectivity index is 1.71. The minimum Gasteiger partial charge on any atom is -0.376 e. The average molecular weight is 421 g/mol. The number of carbonyl (C=O) groups excluding carboxylic acids is 2. The summed E-state index contributed by atoms with van der Waals surface area (Å²) in [5, 5.41) is 13.9. The molecule has 8 nitrogen and oxygen atoms in total. The van der Waals surface area contributed by atoms with Gasteiger partial charge in [-0.25, -0.2) is 9.18 Å². The van der Waals surface area contributed by atoms with Gasteiger partial charge in [-0.3, -0.25) is 14.7 Å². The van der Waals surface area contributed by atoms with Crippen LogP contribution in [0, 0.1) is 5.82 Å². The Hall–Kier alpha value is -2.46. The summed E-state index contributed by atoms with van der Waals surface area (Å²) in [5.41, 5.74) is 0.729. The summed E-state index contributed by atoms with van der Waals surface area (Å²) in [6.07, 6.45) is 2.76. The van der Waals surface area contributed by atoms with Gasteiger partial charge in [-0.2, -0.15) is 0 Å². The van der Waals surface area contributed by atoms with Crippen LogP contribution in [-0.2, 0) is 16.1 Å². The molecule has 1 aromatic heterocycles. The normalized spacial score (nSPS) is 16.0. The van der Waals surface area contributed by atoms with E-state index in [-0.39, 0.29) is 17.7 Å². The van der Waals surface area contributed by atoms with Crippen molar-refractivity contribution in [2.45, 2.75) is 44.0 Å². The SMILES string of the molecule is CCCNC(=O)NC(=O)CSc1nnc(-c2ccc(F)cc2)n1C[C@H]1CCCO1. The molecule has 3 rings (SSSR count). The van der Waals surface area contributed by atoms with Crippen molar-refractivity contribution in [1.82, 2.24) is 25.4 Å². The number of halogens is 1. The predicted octanol–water partition coefficient (Wildman–Crippen LogP) is 2.59. The number of amides is 3. The van der Waals surface area contributed by atoms with Crippen LogP contribution in [0.4, 0.5) is 9.18 Å². The van der Waals surface area contributed by atoms with Crippen LogP contribution in [0.3, 0.4) is 0 Å². The molecule has 0 radical (unpaired) electrons. The molecule has 1 atom stereocenters. The Bertz CT molecular complexity index is 837. The van der Waals surface area contributed by atoms with Crippen LogP contribution in [0.15, 0.2) is 29.4 Å². The molecule has 0 saturated carbocycles. The third kappa shape index (κ3) is 6.01. The molecule has 10 heteroatoms. The van der Waals surface area contributed by atoms with Gasteiger partial charge >= 0.3 is 6.03 Å². The number of urea groups is 1. The molecule has 3 amide bonds. The molecule has 0 unspecified atom stereocenters. The van der Waals surface area contributed by atoms with Crippen molar-refractivity contribution in [2.75, 3.05) is 18.9 Å². The van der Waals surface area contributed by atoms with Crippen LogP contribution in [0.25, 0.3) is 11.4 Å². The molecule has 1 aliphatic heterocycles. The summed E-state index contributed by atoms with van der Waals surface area (Å²) in [4.78, 5) is 23.6. The largest absolute Gasteiger partial charge is 0.376 e. The summed E-state index contributed by atoms with van der Waals surface area (Å²) < 4.78 is 20.9. The molecule has 2 aromatic rings. The highest BCUT2D eigenvalue weighted by atomic mass is 32.2. The predicted molar refractivity (Wildman–Crippen MR) is 107 cm³/mol. The van der Waals surface area contributed by atoms with Crippen molar-refractivity contribution in [3.8, 4) is 11.4 Å². The molecule has 1 fully saturated rings. The zero-order valence-corrected chi connectivity index (χ0v) is 17.0. The lowest BCUT2D eigenvalue weighted by Gasteiger charge is -2.14. The van der Waals surface area contributed by atoms with Gasteiger partial charge in [0.1, 0.15) is 5.82 Å². The van der Waals surface area contributed by atoms with Crippen LogP contribution in [0.5, 0.6) is 0 Å². The number of carbonyl (C=O) groups is 2. The summed E-state index contributed by atoms with van der Waals surface area (Å²) in [5.74, 6) is -0.138. The van der Waals surface area contributed by atoms with E-state index in [0.29, 0.717) is 24.1 Å². The minimum absolute atomic E-state index is 0.0205. The number of hydrogen-bond donors (Lipinski definition) is 2. The molecule has 1 aromatic carbocycles.